The zero-order valence-corrected chi connectivity index (χ0v) is 19.9. The van der Waals surface area contributed by atoms with Gasteiger partial charge in [-0.3, -0.25) is 14.4 Å². The standard InChI is InChI=1S/C27H35N3O3/c1-19(2)17-24(29-26(32)23-12-7-4-9-20(23)3)27(33)28-15-8-13-25(31)30-16-14-21-10-5-6-11-22(21)18-30/h4-7,9-12,19,24H,8,13-18H2,1-3H3,(H,28,33)(H,29,32). The quantitative estimate of drug-likeness (QED) is 0.574. The van der Waals surface area contributed by atoms with E-state index in [4.69, 9.17) is 0 Å². The summed E-state index contributed by atoms with van der Waals surface area (Å²) in [6, 6.07) is 15.0. The fourth-order valence-electron chi connectivity index (χ4n) is 4.21. The number of carbonyl (C=O) groups is 3. The van der Waals surface area contributed by atoms with Gasteiger partial charge in [-0.1, -0.05) is 56.3 Å². The van der Waals surface area contributed by atoms with Crippen molar-refractivity contribution in [2.75, 3.05) is 13.1 Å². The summed E-state index contributed by atoms with van der Waals surface area (Å²) in [5.41, 5.74) is 3.98. The van der Waals surface area contributed by atoms with E-state index in [0.717, 1.165) is 18.5 Å². The van der Waals surface area contributed by atoms with Crippen LogP contribution in [0.15, 0.2) is 48.5 Å². The molecule has 3 amide bonds. The van der Waals surface area contributed by atoms with E-state index in [0.29, 0.717) is 37.9 Å². The Hall–Kier alpha value is -3.15. The molecule has 0 bridgehead atoms. The van der Waals surface area contributed by atoms with Gasteiger partial charge in [0.05, 0.1) is 0 Å². The van der Waals surface area contributed by atoms with Crippen LogP contribution in [0.4, 0.5) is 0 Å². The van der Waals surface area contributed by atoms with Gasteiger partial charge in [-0.2, -0.15) is 0 Å². The number of hydrogen-bond donors (Lipinski definition) is 2. The largest absolute Gasteiger partial charge is 0.354 e. The van der Waals surface area contributed by atoms with E-state index >= 15 is 0 Å². The highest BCUT2D eigenvalue weighted by Gasteiger charge is 2.23. The summed E-state index contributed by atoms with van der Waals surface area (Å²) in [6.07, 6.45) is 2.40. The second kappa shape index (κ2) is 11.6. The minimum absolute atomic E-state index is 0.116. The molecule has 0 spiro atoms. The van der Waals surface area contributed by atoms with Gasteiger partial charge >= 0.3 is 0 Å². The lowest BCUT2D eigenvalue weighted by Gasteiger charge is -2.29. The lowest BCUT2D eigenvalue weighted by atomic mass is 9.99. The van der Waals surface area contributed by atoms with Crippen LogP contribution >= 0.6 is 0 Å². The summed E-state index contributed by atoms with van der Waals surface area (Å²) in [5, 5.41) is 5.80. The van der Waals surface area contributed by atoms with Crippen molar-refractivity contribution < 1.29 is 14.4 Å². The second-order valence-corrected chi connectivity index (χ2v) is 9.20. The first kappa shape index (κ1) is 24.5. The van der Waals surface area contributed by atoms with Crippen LogP contribution in [0, 0.1) is 12.8 Å². The molecule has 0 aliphatic carbocycles. The maximum atomic E-state index is 12.8. The average molecular weight is 450 g/mol. The summed E-state index contributed by atoms with van der Waals surface area (Å²) in [4.78, 5) is 40.0. The summed E-state index contributed by atoms with van der Waals surface area (Å²) in [7, 11) is 0. The molecular weight excluding hydrogens is 414 g/mol. The van der Waals surface area contributed by atoms with Crippen LogP contribution in [-0.4, -0.2) is 41.8 Å². The third-order valence-electron chi connectivity index (χ3n) is 6.07. The maximum Gasteiger partial charge on any atom is 0.252 e. The number of amides is 3. The summed E-state index contributed by atoms with van der Waals surface area (Å²) in [5.74, 6) is -0.0775. The molecule has 176 valence electrons. The third kappa shape index (κ3) is 6.91. The number of benzene rings is 2. The van der Waals surface area contributed by atoms with Gasteiger partial charge in [0, 0.05) is 31.6 Å². The van der Waals surface area contributed by atoms with Crippen LogP contribution in [0.5, 0.6) is 0 Å². The Morgan fingerprint density at radius 2 is 1.70 bits per heavy atom. The minimum atomic E-state index is -0.605. The molecule has 0 radical (unpaired) electrons. The first-order valence-corrected chi connectivity index (χ1v) is 11.8. The highest BCUT2D eigenvalue weighted by Crippen LogP contribution is 2.19. The monoisotopic (exact) mass is 449 g/mol. The van der Waals surface area contributed by atoms with Crippen LogP contribution in [0.25, 0.3) is 0 Å². The molecule has 2 N–H and O–H groups in total. The Bertz CT molecular complexity index is 986. The molecule has 1 unspecified atom stereocenters. The topological polar surface area (TPSA) is 78.5 Å². The molecule has 2 aromatic rings. The smallest absolute Gasteiger partial charge is 0.252 e. The van der Waals surface area contributed by atoms with Crippen LogP contribution < -0.4 is 10.6 Å². The highest BCUT2D eigenvalue weighted by atomic mass is 16.2. The molecule has 1 heterocycles. The van der Waals surface area contributed by atoms with Crippen LogP contribution in [0.3, 0.4) is 0 Å². The molecule has 0 fully saturated rings. The number of nitrogens with zero attached hydrogens (tertiary/aromatic N) is 1. The van der Waals surface area contributed by atoms with E-state index in [-0.39, 0.29) is 23.6 Å². The molecule has 1 aliphatic heterocycles. The molecule has 3 rings (SSSR count). The maximum absolute atomic E-state index is 12.8. The van der Waals surface area contributed by atoms with Crippen molar-refractivity contribution in [3.8, 4) is 0 Å². The van der Waals surface area contributed by atoms with E-state index in [1.165, 1.54) is 11.1 Å². The lowest BCUT2D eigenvalue weighted by molar-refractivity contribution is -0.132. The summed E-state index contributed by atoms with van der Waals surface area (Å²) in [6.45, 7) is 7.73. The van der Waals surface area contributed by atoms with Gasteiger partial charge in [0.1, 0.15) is 6.04 Å². The molecule has 6 nitrogen and oxygen atoms in total. The average Bonchev–Trinajstić information content (AvgIpc) is 2.80. The zero-order valence-electron chi connectivity index (χ0n) is 19.9. The normalized spacial score (nSPS) is 13.9. The molecule has 33 heavy (non-hydrogen) atoms. The minimum Gasteiger partial charge on any atom is -0.354 e. The molecule has 6 heteroatoms. The number of nitrogens with one attached hydrogen (secondary N) is 2. The van der Waals surface area contributed by atoms with Gasteiger partial charge in [0.15, 0.2) is 0 Å². The van der Waals surface area contributed by atoms with Gasteiger partial charge < -0.3 is 15.5 Å². The van der Waals surface area contributed by atoms with Crippen LogP contribution in [-0.2, 0) is 22.6 Å². The fourth-order valence-corrected chi connectivity index (χ4v) is 4.21. The first-order chi connectivity index (χ1) is 15.8. The number of rotatable bonds is 9. The number of carbonyl (C=O) groups excluding carboxylic acids is 3. The van der Waals surface area contributed by atoms with Crippen LogP contribution in [0.2, 0.25) is 0 Å². The summed E-state index contributed by atoms with van der Waals surface area (Å²) < 4.78 is 0. The van der Waals surface area contributed by atoms with E-state index in [2.05, 4.69) is 22.8 Å². The predicted octanol–water partition coefficient (Wildman–Crippen LogP) is 3.62. The molecule has 0 aromatic heterocycles. The molecule has 1 aliphatic rings. The number of aryl methyl sites for hydroxylation is 1. The van der Waals surface area contributed by atoms with E-state index in [1.54, 1.807) is 6.07 Å². The van der Waals surface area contributed by atoms with E-state index in [1.807, 2.05) is 56.0 Å². The fraction of sp³-hybridized carbons (Fsp3) is 0.444. The van der Waals surface area contributed by atoms with Crippen molar-refractivity contribution in [2.45, 2.75) is 59.0 Å². The lowest BCUT2D eigenvalue weighted by Crippen LogP contribution is -2.47. The van der Waals surface area contributed by atoms with Gasteiger partial charge in [-0.15, -0.1) is 0 Å². The van der Waals surface area contributed by atoms with Crippen molar-refractivity contribution in [1.82, 2.24) is 15.5 Å². The zero-order chi connectivity index (χ0) is 23.8. The van der Waals surface area contributed by atoms with Crippen molar-refractivity contribution in [3.63, 3.8) is 0 Å². The Morgan fingerprint density at radius 3 is 2.42 bits per heavy atom. The first-order valence-electron chi connectivity index (χ1n) is 11.8. The molecule has 0 saturated heterocycles. The Kier molecular flexibility index (Phi) is 8.64. The predicted molar refractivity (Wildman–Crippen MR) is 130 cm³/mol. The third-order valence-corrected chi connectivity index (χ3v) is 6.07. The highest BCUT2D eigenvalue weighted by molar-refractivity contribution is 5.98. The van der Waals surface area contributed by atoms with Crippen LogP contribution in [0.1, 0.15) is 60.2 Å². The van der Waals surface area contributed by atoms with Crippen molar-refractivity contribution in [1.29, 1.82) is 0 Å². The van der Waals surface area contributed by atoms with Crippen molar-refractivity contribution in [3.05, 3.63) is 70.8 Å². The Morgan fingerprint density at radius 1 is 1.00 bits per heavy atom. The molecule has 1 atom stereocenters. The SMILES string of the molecule is Cc1ccccc1C(=O)NC(CC(C)C)C(=O)NCCCC(=O)N1CCc2ccccc2C1. The van der Waals surface area contributed by atoms with Gasteiger partial charge in [-0.05, 0) is 54.9 Å². The Balaban J connectivity index is 1.46. The second-order valence-electron chi connectivity index (χ2n) is 9.20. The molecule has 0 saturated carbocycles. The van der Waals surface area contributed by atoms with Crippen molar-refractivity contribution >= 4 is 17.7 Å². The van der Waals surface area contributed by atoms with Gasteiger partial charge in [0.2, 0.25) is 11.8 Å². The Labute approximate surface area is 196 Å². The molecule has 2 aromatic carbocycles. The number of fused-ring (bicyclic) bond motifs is 1. The van der Waals surface area contributed by atoms with Gasteiger partial charge in [-0.25, -0.2) is 0 Å². The number of hydrogen-bond acceptors (Lipinski definition) is 3. The van der Waals surface area contributed by atoms with Gasteiger partial charge in [0.25, 0.3) is 5.91 Å². The molecular formula is C27H35N3O3. The van der Waals surface area contributed by atoms with E-state index < -0.39 is 6.04 Å². The summed E-state index contributed by atoms with van der Waals surface area (Å²) >= 11 is 0. The van der Waals surface area contributed by atoms with E-state index in [9.17, 15) is 14.4 Å². The van der Waals surface area contributed by atoms with Crippen molar-refractivity contribution in [2.24, 2.45) is 5.92 Å².